The first-order valence-corrected chi connectivity index (χ1v) is 7.90. The summed E-state index contributed by atoms with van der Waals surface area (Å²) in [5.74, 6) is -0.248. The van der Waals surface area contributed by atoms with E-state index in [0.29, 0.717) is 25.0 Å². The van der Waals surface area contributed by atoms with Crippen molar-refractivity contribution in [2.75, 3.05) is 13.2 Å². The number of hydrogen-bond acceptors (Lipinski definition) is 4. The summed E-state index contributed by atoms with van der Waals surface area (Å²) in [6.45, 7) is 14.0. The van der Waals surface area contributed by atoms with Crippen LogP contribution >= 0.6 is 0 Å². The topological polar surface area (TPSA) is 36.9 Å². The third-order valence-corrected chi connectivity index (χ3v) is 4.32. The normalized spacial score (nSPS) is 36.5. The molecule has 2 saturated heterocycles. The third-order valence-electron chi connectivity index (χ3n) is 4.32. The largest absolute Gasteiger partial charge is 0.348 e. The quantitative estimate of drug-likeness (QED) is 0.794. The molecule has 0 spiro atoms. The molecular formula is C16H30O4. The molecule has 0 saturated carbocycles. The van der Waals surface area contributed by atoms with E-state index in [1.807, 2.05) is 20.8 Å². The molecule has 118 valence electrons. The Kier molecular flexibility index (Phi) is 4.80. The summed E-state index contributed by atoms with van der Waals surface area (Å²) in [6.07, 6.45) is 2.17. The molecular weight excluding hydrogens is 256 g/mol. The molecule has 0 amide bonds. The van der Waals surface area contributed by atoms with Gasteiger partial charge in [0.15, 0.2) is 11.6 Å². The van der Waals surface area contributed by atoms with E-state index in [4.69, 9.17) is 18.9 Å². The molecule has 2 aliphatic heterocycles. The van der Waals surface area contributed by atoms with Crippen LogP contribution in [0.3, 0.4) is 0 Å². The second kappa shape index (κ2) is 5.91. The maximum Gasteiger partial charge on any atom is 0.166 e. The van der Waals surface area contributed by atoms with Gasteiger partial charge in [0.1, 0.15) is 0 Å². The maximum atomic E-state index is 6.20. The van der Waals surface area contributed by atoms with Crippen LogP contribution in [-0.2, 0) is 18.9 Å². The molecule has 3 atom stereocenters. The van der Waals surface area contributed by atoms with Gasteiger partial charge in [-0.05, 0) is 33.1 Å². The van der Waals surface area contributed by atoms with Gasteiger partial charge in [-0.3, -0.25) is 0 Å². The average molecular weight is 286 g/mol. The molecule has 0 aromatic carbocycles. The Balaban J connectivity index is 2.16. The Labute approximate surface area is 123 Å². The highest BCUT2D eigenvalue weighted by atomic mass is 16.7. The zero-order chi connectivity index (χ0) is 15.0. The highest BCUT2D eigenvalue weighted by Gasteiger charge is 2.47. The maximum absolute atomic E-state index is 6.20. The molecule has 4 nitrogen and oxygen atoms in total. The molecule has 4 heteroatoms. The summed E-state index contributed by atoms with van der Waals surface area (Å²) in [7, 11) is 0. The van der Waals surface area contributed by atoms with Gasteiger partial charge in [0, 0.05) is 12.3 Å². The Morgan fingerprint density at radius 3 is 2.15 bits per heavy atom. The zero-order valence-electron chi connectivity index (χ0n) is 13.8. The van der Waals surface area contributed by atoms with Crippen LogP contribution in [0.15, 0.2) is 0 Å². The molecule has 0 bridgehead atoms. The first-order chi connectivity index (χ1) is 9.26. The van der Waals surface area contributed by atoms with Gasteiger partial charge in [0.05, 0.1) is 25.4 Å². The molecule has 0 radical (unpaired) electrons. The molecule has 2 aliphatic rings. The van der Waals surface area contributed by atoms with Crippen molar-refractivity contribution in [3.8, 4) is 0 Å². The van der Waals surface area contributed by atoms with Crippen LogP contribution in [0, 0.1) is 11.8 Å². The van der Waals surface area contributed by atoms with Crippen molar-refractivity contribution >= 4 is 0 Å². The predicted molar refractivity (Wildman–Crippen MR) is 77.4 cm³/mol. The van der Waals surface area contributed by atoms with Crippen LogP contribution in [0.5, 0.6) is 0 Å². The second-order valence-electron chi connectivity index (χ2n) is 6.99. The van der Waals surface area contributed by atoms with Crippen LogP contribution in [0.2, 0.25) is 0 Å². The lowest BCUT2D eigenvalue weighted by molar-refractivity contribution is -0.337. The fourth-order valence-corrected chi connectivity index (χ4v) is 3.47. The van der Waals surface area contributed by atoms with E-state index >= 15 is 0 Å². The van der Waals surface area contributed by atoms with Crippen molar-refractivity contribution in [3.05, 3.63) is 0 Å². The lowest BCUT2D eigenvalue weighted by Gasteiger charge is -2.49. The van der Waals surface area contributed by atoms with E-state index in [2.05, 4.69) is 20.8 Å². The Bertz CT molecular complexity index is 320. The van der Waals surface area contributed by atoms with Crippen molar-refractivity contribution in [2.45, 2.75) is 78.2 Å². The van der Waals surface area contributed by atoms with E-state index < -0.39 is 11.6 Å². The summed E-state index contributed by atoms with van der Waals surface area (Å²) >= 11 is 0. The summed E-state index contributed by atoms with van der Waals surface area (Å²) < 4.78 is 23.9. The summed E-state index contributed by atoms with van der Waals surface area (Å²) in [5.41, 5.74) is 0. The van der Waals surface area contributed by atoms with E-state index in [1.165, 1.54) is 0 Å². The minimum absolute atomic E-state index is 0.174. The molecule has 0 N–H and O–H groups in total. The van der Waals surface area contributed by atoms with Crippen LogP contribution < -0.4 is 0 Å². The van der Waals surface area contributed by atoms with Crippen LogP contribution in [-0.4, -0.2) is 37.0 Å². The summed E-state index contributed by atoms with van der Waals surface area (Å²) in [4.78, 5) is 0. The molecule has 2 rings (SSSR count). The van der Waals surface area contributed by atoms with E-state index in [-0.39, 0.29) is 12.2 Å². The SMILES string of the molecule is CC[C@H]1OC(C)(C)O[C@@H](C(C)C)[C@@H]1CC1(C)OCCO1. The lowest BCUT2D eigenvalue weighted by atomic mass is 9.81. The fraction of sp³-hybridized carbons (Fsp3) is 1.00. The van der Waals surface area contributed by atoms with Crippen LogP contribution in [0.25, 0.3) is 0 Å². The van der Waals surface area contributed by atoms with Gasteiger partial charge < -0.3 is 18.9 Å². The molecule has 2 heterocycles. The Morgan fingerprint density at radius 2 is 1.65 bits per heavy atom. The highest BCUT2D eigenvalue weighted by Crippen LogP contribution is 2.41. The van der Waals surface area contributed by atoms with E-state index in [0.717, 1.165) is 12.8 Å². The minimum Gasteiger partial charge on any atom is -0.348 e. The van der Waals surface area contributed by atoms with Crippen molar-refractivity contribution in [3.63, 3.8) is 0 Å². The number of rotatable bonds is 4. The molecule has 0 unspecified atom stereocenters. The molecule has 2 fully saturated rings. The van der Waals surface area contributed by atoms with E-state index in [1.54, 1.807) is 0 Å². The van der Waals surface area contributed by atoms with Crippen LogP contribution in [0.4, 0.5) is 0 Å². The first-order valence-electron chi connectivity index (χ1n) is 7.90. The van der Waals surface area contributed by atoms with Crippen LogP contribution in [0.1, 0.15) is 54.4 Å². The Hall–Kier alpha value is -0.160. The van der Waals surface area contributed by atoms with Gasteiger partial charge >= 0.3 is 0 Å². The summed E-state index contributed by atoms with van der Waals surface area (Å²) in [5, 5.41) is 0. The molecule has 0 aromatic rings. The smallest absolute Gasteiger partial charge is 0.166 e. The fourth-order valence-electron chi connectivity index (χ4n) is 3.47. The van der Waals surface area contributed by atoms with Crippen molar-refractivity contribution in [1.29, 1.82) is 0 Å². The van der Waals surface area contributed by atoms with Gasteiger partial charge in [0.2, 0.25) is 0 Å². The van der Waals surface area contributed by atoms with Gasteiger partial charge in [-0.2, -0.15) is 0 Å². The highest BCUT2D eigenvalue weighted by molar-refractivity contribution is 4.89. The second-order valence-corrected chi connectivity index (χ2v) is 6.99. The first kappa shape index (κ1) is 16.2. The molecule has 0 aliphatic carbocycles. The zero-order valence-corrected chi connectivity index (χ0v) is 13.8. The molecule has 20 heavy (non-hydrogen) atoms. The summed E-state index contributed by atoms with van der Waals surface area (Å²) in [6, 6.07) is 0. The monoisotopic (exact) mass is 286 g/mol. The lowest BCUT2D eigenvalue weighted by Crippen LogP contribution is -2.54. The van der Waals surface area contributed by atoms with Gasteiger partial charge in [-0.1, -0.05) is 20.8 Å². The van der Waals surface area contributed by atoms with Crippen molar-refractivity contribution < 1.29 is 18.9 Å². The number of hydrogen-bond donors (Lipinski definition) is 0. The van der Waals surface area contributed by atoms with Crippen molar-refractivity contribution in [2.24, 2.45) is 11.8 Å². The standard InChI is InChI=1S/C16H30O4/c1-7-13-12(10-16(6)17-8-9-18-16)14(11(2)3)20-15(4,5)19-13/h11-14H,7-10H2,1-6H3/t12-,13-,14+/m1/s1. The van der Waals surface area contributed by atoms with Gasteiger partial charge in [0.25, 0.3) is 0 Å². The van der Waals surface area contributed by atoms with Crippen molar-refractivity contribution in [1.82, 2.24) is 0 Å². The number of ether oxygens (including phenoxy) is 4. The van der Waals surface area contributed by atoms with E-state index in [9.17, 15) is 0 Å². The molecule has 0 aromatic heterocycles. The van der Waals surface area contributed by atoms with Gasteiger partial charge in [-0.15, -0.1) is 0 Å². The minimum atomic E-state index is -0.510. The van der Waals surface area contributed by atoms with Gasteiger partial charge in [-0.25, -0.2) is 0 Å². The predicted octanol–water partition coefficient (Wildman–Crippen LogP) is 3.34. The average Bonchev–Trinajstić information content (AvgIpc) is 2.77. The Morgan fingerprint density at radius 1 is 1.05 bits per heavy atom. The third kappa shape index (κ3) is 3.53.